The molecule has 3 N–H and O–H groups in total. The highest BCUT2D eigenvalue weighted by Crippen LogP contribution is 2.34. The maximum absolute atomic E-state index is 7.65. The van der Waals surface area contributed by atoms with Gasteiger partial charge in [-0.05, 0) is 49.2 Å². The summed E-state index contributed by atoms with van der Waals surface area (Å²) < 4.78 is 11.2. The van der Waals surface area contributed by atoms with Crippen LogP contribution in [0.1, 0.15) is 16.7 Å². The number of hydrogen-bond acceptors (Lipinski definition) is 3. The summed E-state index contributed by atoms with van der Waals surface area (Å²) in [4.78, 5) is 0. The molecule has 0 bridgehead atoms. The van der Waals surface area contributed by atoms with E-state index >= 15 is 0 Å². The third-order valence-electron chi connectivity index (χ3n) is 3.12. The highest BCUT2D eigenvalue weighted by atomic mass is 35.5. The van der Waals surface area contributed by atoms with Crippen LogP contribution in [0.4, 0.5) is 0 Å². The van der Waals surface area contributed by atoms with Crippen molar-refractivity contribution in [3.8, 4) is 17.2 Å². The standard InChI is InChI=1S/C16H17ClN2O2/c1-9-6-11(17)7-10(2)15(9)21-14-8-12(20-3)4-5-13(14)16(18)19/h4-8H,1-3H3,(H3,18,19). The second-order valence-corrected chi connectivity index (χ2v) is 5.18. The van der Waals surface area contributed by atoms with Crippen molar-refractivity contribution in [2.24, 2.45) is 5.73 Å². The van der Waals surface area contributed by atoms with E-state index in [1.54, 1.807) is 25.3 Å². The predicted octanol–water partition coefficient (Wildman–Crippen LogP) is 4.04. The minimum atomic E-state index is -0.0584. The van der Waals surface area contributed by atoms with Gasteiger partial charge < -0.3 is 15.2 Å². The number of halogens is 1. The fraction of sp³-hybridized carbons (Fsp3) is 0.188. The molecule has 5 heteroatoms. The number of nitrogens with one attached hydrogen (secondary N) is 1. The third-order valence-corrected chi connectivity index (χ3v) is 3.33. The Balaban J connectivity index is 2.50. The third kappa shape index (κ3) is 3.28. The quantitative estimate of drug-likeness (QED) is 0.661. The van der Waals surface area contributed by atoms with Gasteiger partial charge >= 0.3 is 0 Å². The second kappa shape index (κ2) is 6.06. The second-order valence-electron chi connectivity index (χ2n) is 4.75. The van der Waals surface area contributed by atoms with E-state index in [1.807, 2.05) is 26.0 Å². The van der Waals surface area contributed by atoms with Crippen molar-refractivity contribution in [3.05, 3.63) is 52.0 Å². The molecule has 0 radical (unpaired) electrons. The molecule has 0 heterocycles. The fourth-order valence-electron chi connectivity index (χ4n) is 2.10. The van der Waals surface area contributed by atoms with E-state index in [0.29, 0.717) is 27.8 Å². The summed E-state index contributed by atoms with van der Waals surface area (Å²) in [6.45, 7) is 3.84. The van der Waals surface area contributed by atoms with E-state index in [0.717, 1.165) is 11.1 Å². The van der Waals surface area contributed by atoms with Crippen LogP contribution >= 0.6 is 11.6 Å². The lowest BCUT2D eigenvalue weighted by Gasteiger charge is -2.15. The molecule has 0 aliphatic rings. The van der Waals surface area contributed by atoms with Crippen LogP contribution in [0, 0.1) is 19.3 Å². The SMILES string of the molecule is COc1ccc(C(=N)N)c(Oc2c(C)cc(Cl)cc2C)c1. The number of ether oxygens (including phenoxy) is 2. The molecular formula is C16H17ClN2O2. The lowest BCUT2D eigenvalue weighted by molar-refractivity contribution is 0.408. The summed E-state index contributed by atoms with van der Waals surface area (Å²) in [6.07, 6.45) is 0. The summed E-state index contributed by atoms with van der Waals surface area (Å²) >= 11 is 6.02. The molecule has 21 heavy (non-hydrogen) atoms. The molecule has 0 saturated heterocycles. The smallest absolute Gasteiger partial charge is 0.142 e. The number of hydrogen-bond donors (Lipinski definition) is 2. The molecule has 2 aromatic rings. The molecule has 2 aromatic carbocycles. The molecule has 110 valence electrons. The zero-order valence-corrected chi connectivity index (χ0v) is 12.9. The molecule has 0 unspecified atom stereocenters. The van der Waals surface area contributed by atoms with Gasteiger partial charge in [0, 0.05) is 11.1 Å². The molecule has 2 rings (SSSR count). The summed E-state index contributed by atoms with van der Waals surface area (Å²) in [5.41, 5.74) is 7.95. The summed E-state index contributed by atoms with van der Waals surface area (Å²) in [6, 6.07) is 8.82. The van der Waals surface area contributed by atoms with Crippen LogP contribution in [-0.4, -0.2) is 12.9 Å². The van der Waals surface area contributed by atoms with Gasteiger partial charge in [0.1, 0.15) is 23.1 Å². The summed E-state index contributed by atoms with van der Waals surface area (Å²) in [5.74, 6) is 1.77. The zero-order chi connectivity index (χ0) is 15.6. The van der Waals surface area contributed by atoms with Gasteiger partial charge in [0.15, 0.2) is 0 Å². The van der Waals surface area contributed by atoms with Gasteiger partial charge in [-0.3, -0.25) is 5.41 Å². The predicted molar refractivity (Wildman–Crippen MR) is 85.0 cm³/mol. The van der Waals surface area contributed by atoms with Crippen LogP contribution in [-0.2, 0) is 0 Å². The maximum Gasteiger partial charge on any atom is 0.142 e. The van der Waals surface area contributed by atoms with E-state index < -0.39 is 0 Å². The lowest BCUT2D eigenvalue weighted by atomic mass is 10.1. The first-order valence-corrected chi connectivity index (χ1v) is 6.77. The first-order chi connectivity index (χ1) is 9.92. The Kier molecular flexibility index (Phi) is 4.38. The summed E-state index contributed by atoms with van der Waals surface area (Å²) in [7, 11) is 1.57. The largest absolute Gasteiger partial charge is 0.497 e. The lowest BCUT2D eigenvalue weighted by Crippen LogP contribution is -2.12. The van der Waals surface area contributed by atoms with Gasteiger partial charge in [-0.15, -0.1) is 0 Å². The Morgan fingerprint density at radius 3 is 2.29 bits per heavy atom. The fourth-order valence-corrected chi connectivity index (χ4v) is 2.43. The molecule has 0 fully saturated rings. The Morgan fingerprint density at radius 2 is 1.76 bits per heavy atom. The van der Waals surface area contributed by atoms with Crippen LogP contribution in [0.5, 0.6) is 17.2 Å². The molecule has 0 saturated carbocycles. The summed E-state index contributed by atoms with van der Waals surface area (Å²) in [5, 5.41) is 8.31. The molecule has 0 atom stereocenters. The number of nitrogens with two attached hydrogens (primary N) is 1. The highest BCUT2D eigenvalue weighted by Gasteiger charge is 2.13. The van der Waals surface area contributed by atoms with E-state index in [1.165, 1.54) is 0 Å². The van der Waals surface area contributed by atoms with Crippen molar-refractivity contribution in [2.45, 2.75) is 13.8 Å². The van der Waals surface area contributed by atoms with Crippen molar-refractivity contribution in [3.63, 3.8) is 0 Å². The van der Waals surface area contributed by atoms with Gasteiger partial charge in [-0.1, -0.05) is 11.6 Å². The topological polar surface area (TPSA) is 68.3 Å². The molecule has 0 aromatic heterocycles. The van der Waals surface area contributed by atoms with E-state index in [-0.39, 0.29) is 5.84 Å². The van der Waals surface area contributed by atoms with Crippen molar-refractivity contribution in [1.82, 2.24) is 0 Å². The van der Waals surface area contributed by atoms with Gasteiger partial charge in [0.05, 0.1) is 12.7 Å². The molecular weight excluding hydrogens is 288 g/mol. The Bertz CT molecular complexity index is 676. The average molecular weight is 305 g/mol. The van der Waals surface area contributed by atoms with Gasteiger partial charge in [0.2, 0.25) is 0 Å². The maximum atomic E-state index is 7.65. The first-order valence-electron chi connectivity index (χ1n) is 6.39. The molecule has 4 nitrogen and oxygen atoms in total. The number of methoxy groups -OCH3 is 1. The molecule has 0 amide bonds. The van der Waals surface area contributed by atoms with Crippen LogP contribution in [0.2, 0.25) is 5.02 Å². The number of amidine groups is 1. The van der Waals surface area contributed by atoms with Crippen LogP contribution in [0.15, 0.2) is 30.3 Å². The number of aryl methyl sites for hydroxylation is 2. The number of nitrogen functional groups attached to an aromatic ring is 1. The monoisotopic (exact) mass is 304 g/mol. The highest BCUT2D eigenvalue weighted by molar-refractivity contribution is 6.30. The van der Waals surface area contributed by atoms with Gasteiger partial charge in [-0.25, -0.2) is 0 Å². The number of rotatable bonds is 4. The van der Waals surface area contributed by atoms with E-state index in [9.17, 15) is 0 Å². The van der Waals surface area contributed by atoms with E-state index in [2.05, 4.69) is 0 Å². The van der Waals surface area contributed by atoms with Crippen LogP contribution in [0.3, 0.4) is 0 Å². The van der Waals surface area contributed by atoms with Crippen molar-refractivity contribution >= 4 is 17.4 Å². The van der Waals surface area contributed by atoms with Crippen molar-refractivity contribution in [2.75, 3.05) is 7.11 Å². The van der Waals surface area contributed by atoms with Gasteiger partial charge in [0.25, 0.3) is 0 Å². The number of benzene rings is 2. The molecule has 0 aliphatic heterocycles. The minimum absolute atomic E-state index is 0.0584. The Morgan fingerprint density at radius 1 is 1.14 bits per heavy atom. The minimum Gasteiger partial charge on any atom is -0.497 e. The van der Waals surface area contributed by atoms with Gasteiger partial charge in [-0.2, -0.15) is 0 Å². The van der Waals surface area contributed by atoms with Crippen LogP contribution < -0.4 is 15.2 Å². The Hall–Kier alpha value is -2.20. The van der Waals surface area contributed by atoms with Crippen molar-refractivity contribution in [1.29, 1.82) is 5.41 Å². The molecule has 0 spiro atoms. The van der Waals surface area contributed by atoms with Crippen molar-refractivity contribution < 1.29 is 9.47 Å². The van der Waals surface area contributed by atoms with Crippen LogP contribution in [0.25, 0.3) is 0 Å². The zero-order valence-electron chi connectivity index (χ0n) is 12.2. The molecule has 0 aliphatic carbocycles. The van der Waals surface area contributed by atoms with E-state index in [4.69, 9.17) is 32.2 Å². The normalized spacial score (nSPS) is 10.3. The Labute approximate surface area is 129 Å². The average Bonchev–Trinajstić information content (AvgIpc) is 2.42. The first kappa shape index (κ1) is 15.2.